The van der Waals surface area contributed by atoms with Crippen molar-refractivity contribution in [3.05, 3.63) is 70.7 Å². The SMILES string of the molecule is COc1ccc2c(c1)CCCC(CN1CC[C@H](F)C1)=C2c1ccn2cc(CN3CC(CF)C3)nc2c1. The second-order valence-electron chi connectivity index (χ2n) is 10.6. The number of ether oxygens (including phenoxy) is 1. The maximum Gasteiger partial charge on any atom is 0.137 e. The molecule has 1 aliphatic carbocycles. The average Bonchev–Trinajstić information content (AvgIpc) is 3.41. The van der Waals surface area contributed by atoms with Gasteiger partial charge in [-0.05, 0) is 77.8 Å². The normalized spacial score (nSPS) is 21.6. The fraction of sp³-hybridized carbons (Fsp3) is 0.483. The molecule has 2 saturated heterocycles. The van der Waals surface area contributed by atoms with Crippen LogP contribution in [-0.4, -0.2) is 71.9 Å². The van der Waals surface area contributed by atoms with Crippen LogP contribution in [0.2, 0.25) is 0 Å². The summed E-state index contributed by atoms with van der Waals surface area (Å²) in [4.78, 5) is 9.42. The molecule has 0 bridgehead atoms. The zero-order valence-corrected chi connectivity index (χ0v) is 20.9. The van der Waals surface area contributed by atoms with E-state index in [2.05, 4.69) is 50.9 Å². The van der Waals surface area contributed by atoms with Crippen molar-refractivity contribution in [1.82, 2.24) is 19.2 Å². The number of aryl methyl sites for hydroxylation is 1. The molecule has 190 valence electrons. The largest absolute Gasteiger partial charge is 0.497 e. The van der Waals surface area contributed by atoms with E-state index in [1.54, 1.807) is 7.11 Å². The van der Waals surface area contributed by atoms with Crippen molar-refractivity contribution in [3.8, 4) is 5.75 Å². The Hall–Kier alpha value is -2.77. The van der Waals surface area contributed by atoms with E-state index in [0.29, 0.717) is 13.0 Å². The van der Waals surface area contributed by atoms with E-state index in [1.807, 2.05) is 6.07 Å². The monoisotopic (exact) mass is 492 g/mol. The van der Waals surface area contributed by atoms with E-state index in [1.165, 1.54) is 22.3 Å². The van der Waals surface area contributed by atoms with Gasteiger partial charge in [0.25, 0.3) is 0 Å². The molecule has 4 heterocycles. The summed E-state index contributed by atoms with van der Waals surface area (Å²) in [6, 6.07) is 10.7. The molecule has 2 aromatic heterocycles. The topological polar surface area (TPSA) is 33.0 Å². The summed E-state index contributed by atoms with van der Waals surface area (Å²) >= 11 is 0. The van der Waals surface area contributed by atoms with E-state index in [-0.39, 0.29) is 12.6 Å². The molecule has 3 aliphatic rings. The molecule has 0 N–H and O–H groups in total. The molecular weight excluding hydrogens is 458 g/mol. The van der Waals surface area contributed by atoms with Crippen molar-refractivity contribution in [3.63, 3.8) is 0 Å². The van der Waals surface area contributed by atoms with Crippen LogP contribution in [0.1, 0.15) is 41.6 Å². The highest BCUT2D eigenvalue weighted by Gasteiger charge is 2.28. The van der Waals surface area contributed by atoms with E-state index < -0.39 is 6.17 Å². The van der Waals surface area contributed by atoms with Gasteiger partial charge < -0.3 is 9.14 Å². The molecule has 0 radical (unpaired) electrons. The first-order valence-corrected chi connectivity index (χ1v) is 13.1. The Morgan fingerprint density at radius 1 is 1.06 bits per heavy atom. The van der Waals surface area contributed by atoms with Crippen molar-refractivity contribution in [1.29, 1.82) is 0 Å². The van der Waals surface area contributed by atoms with Crippen LogP contribution in [0.25, 0.3) is 11.2 Å². The maximum atomic E-state index is 14.0. The van der Waals surface area contributed by atoms with Gasteiger partial charge in [0.15, 0.2) is 0 Å². The Morgan fingerprint density at radius 2 is 1.94 bits per heavy atom. The first kappa shape index (κ1) is 23.6. The molecule has 6 rings (SSSR count). The quantitative estimate of drug-likeness (QED) is 0.469. The molecule has 5 nitrogen and oxygen atoms in total. The van der Waals surface area contributed by atoms with Crippen LogP contribution < -0.4 is 4.74 Å². The van der Waals surface area contributed by atoms with Gasteiger partial charge in [-0.3, -0.25) is 14.2 Å². The maximum absolute atomic E-state index is 14.0. The van der Waals surface area contributed by atoms with E-state index >= 15 is 0 Å². The number of methoxy groups -OCH3 is 1. The van der Waals surface area contributed by atoms with Gasteiger partial charge in [-0.2, -0.15) is 0 Å². The molecule has 36 heavy (non-hydrogen) atoms. The number of likely N-dealkylation sites (tertiary alicyclic amines) is 2. The number of hydrogen-bond acceptors (Lipinski definition) is 4. The summed E-state index contributed by atoms with van der Waals surface area (Å²) in [5.41, 5.74) is 8.26. The Morgan fingerprint density at radius 3 is 2.72 bits per heavy atom. The smallest absolute Gasteiger partial charge is 0.137 e. The molecule has 0 spiro atoms. The third-order valence-electron chi connectivity index (χ3n) is 7.92. The summed E-state index contributed by atoms with van der Waals surface area (Å²) in [5, 5.41) is 0. The molecule has 1 aromatic carbocycles. The van der Waals surface area contributed by atoms with Crippen LogP contribution in [0.15, 0.2) is 48.3 Å². The van der Waals surface area contributed by atoms with E-state index in [9.17, 15) is 8.78 Å². The molecule has 0 unspecified atom stereocenters. The second kappa shape index (κ2) is 9.94. The number of benzene rings is 1. The number of aromatic nitrogens is 2. The van der Waals surface area contributed by atoms with Crippen molar-refractivity contribution < 1.29 is 13.5 Å². The first-order chi connectivity index (χ1) is 17.6. The highest BCUT2D eigenvalue weighted by Crippen LogP contribution is 2.38. The summed E-state index contributed by atoms with van der Waals surface area (Å²) in [5.74, 6) is 1.06. The lowest BCUT2D eigenvalue weighted by molar-refractivity contribution is 0.0727. The number of halogens is 2. The minimum absolute atomic E-state index is 0.177. The highest BCUT2D eigenvalue weighted by molar-refractivity contribution is 5.85. The number of fused-ring (bicyclic) bond motifs is 2. The van der Waals surface area contributed by atoms with Crippen LogP contribution in [0.4, 0.5) is 8.78 Å². The predicted octanol–water partition coefficient (Wildman–Crippen LogP) is 4.93. The minimum Gasteiger partial charge on any atom is -0.497 e. The van der Waals surface area contributed by atoms with Crippen molar-refractivity contribution >= 4 is 11.2 Å². The molecule has 7 heteroatoms. The van der Waals surface area contributed by atoms with E-state index in [4.69, 9.17) is 9.72 Å². The Bertz CT molecular complexity index is 1280. The van der Waals surface area contributed by atoms with Gasteiger partial charge in [0.2, 0.25) is 0 Å². The van der Waals surface area contributed by atoms with Gasteiger partial charge in [-0.25, -0.2) is 9.37 Å². The fourth-order valence-corrected chi connectivity index (χ4v) is 6.07. The lowest BCUT2D eigenvalue weighted by Gasteiger charge is -2.37. The molecule has 2 fully saturated rings. The fourth-order valence-electron chi connectivity index (χ4n) is 6.07. The standard InChI is InChI=1S/C29H34F2N4O/c1-36-26-5-6-27-21(11-26)3-2-4-23(16-33-9-8-24(31)17-33)29(27)22-7-10-35-19-25(32-28(35)12-22)18-34-14-20(13-30)15-34/h5-7,10-12,19-20,24H,2-4,8-9,13-18H2,1H3/t24-/m0/s1. The molecule has 2 aliphatic heterocycles. The van der Waals surface area contributed by atoms with Crippen molar-refractivity contribution in [2.75, 3.05) is 46.5 Å². The van der Waals surface area contributed by atoms with Gasteiger partial charge >= 0.3 is 0 Å². The van der Waals surface area contributed by atoms with Crippen LogP contribution >= 0.6 is 0 Å². The summed E-state index contributed by atoms with van der Waals surface area (Å²) < 4.78 is 34.4. The summed E-state index contributed by atoms with van der Waals surface area (Å²) in [6.07, 6.45) is 7.14. The molecule has 0 amide bonds. The number of nitrogens with zero attached hydrogens (tertiary/aromatic N) is 4. The number of pyridine rings is 1. The number of rotatable bonds is 7. The van der Waals surface area contributed by atoms with Crippen LogP contribution in [0.5, 0.6) is 5.75 Å². The van der Waals surface area contributed by atoms with Crippen molar-refractivity contribution in [2.45, 2.75) is 38.4 Å². The van der Waals surface area contributed by atoms with Gasteiger partial charge in [0, 0.05) is 57.6 Å². The lowest BCUT2D eigenvalue weighted by atomic mass is 9.90. The van der Waals surface area contributed by atoms with Gasteiger partial charge in [-0.1, -0.05) is 6.07 Å². The first-order valence-electron chi connectivity index (χ1n) is 13.1. The van der Waals surface area contributed by atoms with Gasteiger partial charge in [0.1, 0.15) is 17.6 Å². The van der Waals surface area contributed by atoms with E-state index in [0.717, 1.165) is 74.6 Å². The average molecular weight is 493 g/mol. The highest BCUT2D eigenvalue weighted by atomic mass is 19.1. The Labute approximate surface area is 211 Å². The Balaban J connectivity index is 1.37. The third kappa shape index (κ3) is 4.66. The number of imidazole rings is 1. The number of hydrogen-bond donors (Lipinski definition) is 0. The molecule has 1 atom stereocenters. The predicted molar refractivity (Wildman–Crippen MR) is 138 cm³/mol. The Kier molecular flexibility index (Phi) is 6.52. The minimum atomic E-state index is -0.720. The number of alkyl halides is 2. The van der Waals surface area contributed by atoms with Crippen LogP contribution in [0.3, 0.4) is 0 Å². The summed E-state index contributed by atoms with van der Waals surface area (Å²) in [7, 11) is 1.71. The summed E-state index contributed by atoms with van der Waals surface area (Å²) in [6.45, 7) is 4.27. The molecule has 3 aromatic rings. The zero-order chi connectivity index (χ0) is 24.6. The van der Waals surface area contributed by atoms with Gasteiger partial charge in [-0.15, -0.1) is 0 Å². The van der Waals surface area contributed by atoms with Crippen molar-refractivity contribution in [2.24, 2.45) is 5.92 Å². The molecular formula is C29H34F2N4O. The zero-order valence-electron chi connectivity index (χ0n) is 20.9. The third-order valence-corrected chi connectivity index (χ3v) is 7.92. The second-order valence-corrected chi connectivity index (χ2v) is 10.6. The lowest BCUT2D eigenvalue weighted by Crippen LogP contribution is -2.46. The van der Waals surface area contributed by atoms with Crippen LogP contribution in [0, 0.1) is 5.92 Å². The van der Waals surface area contributed by atoms with Crippen LogP contribution in [-0.2, 0) is 13.0 Å². The van der Waals surface area contributed by atoms with Gasteiger partial charge in [0.05, 0.1) is 19.5 Å². The molecule has 0 saturated carbocycles.